The Kier molecular flexibility index (Phi) is 6.97. The number of nitrogens with one attached hydrogen (secondary N) is 1. The molecule has 2 N–H and O–H groups in total. The van der Waals surface area contributed by atoms with Gasteiger partial charge >= 0.3 is 5.97 Å². The van der Waals surface area contributed by atoms with Crippen LogP contribution < -0.4 is 0 Å². The van der Waals surface area contributed by atoms with Crippen LogP contribution in [0.1, 0.15) is 56.9 Å². The fraction of sp³-hybridized carbons (Fsp3) is 0.414. The van der Waals surface area contributed by atoms with E-state index < -0.39 is 11.4 Å². The standard InChI is InChI=1S/C29H30BrN5O4/c30-24-22-15-18(7-12-23(22)39-25(24)19-8-10-20(11-9-19)26-31-33-34-32-26)16-35(27(36)21-5-1-2-6-21)17-29(28(37)38)13-3-4-14-29/h7-12,15,21H,1-6,13-14,16-17H2,(H,37,38)(H,31,32,33,34). The summed E-state index contributed by atoms with van der Waals surface area (Å²) in [7, 11) is 0. The molecule has 39 heavy (non-hydrogen) atoms. The molecule has 0 aliphatic heterocycles. The quantitative estimate of drug-likeness (QED) is 0.249. The van der Waals surface area contributed by atoms with Crippen molar-refractivity contribution < 1.29 is 19.1 Å². The zero-order valence-electron chi connectivity index (χ0n) is 21.5. The summed E-state index contributed by atoms with van der Waals surface area (Å²) >= 11 is 3.74. The van der Waals surface area contributed by atoms with Crippen molar-refractivity contribution in [3.05, 3.63) is 52.5 Å². The number of tetrazole rings is 1. The molecule has 0 radical (unpaired) electrons. The van der Waals surface area contributed by atoms with E-state index in [9.17, 15) is 14.7 Å². The minimum Gasteiger partial charge on any atom is -0.481 e. The minimum atomic E-state index is -0.852. The Morgan fingerprint density at radius 2 is 1.77 bits per heavy atom. The molecule has 2 aliphatic carbocycles. The highest BCUT2D eigenvalue weighted by atomic mass is 79.9. The Morgan fingerprint density at radius 3 is 2.44 bits per heavy atom. The molecule has 0 unspecified atom stereocenters. The lowest BCUT2D eigenvalue weighted by Gasteiger charge is -2.34. The van der Waals surface area contributed by atoms with Crippen LogP contribution >= 0.6 is 15.9 Å². The summed E-state index contributed by atoms with van der Waals surface area (Å²) < 4.78 is 7.04. The summed E-state index contributed by atoms with van der Waals surface area (Å²) in [6, 6.07) is 13.7. The molecule has 4 aromatic rings. The van der Waals surface area contributed by atoms with E-state index in [1.54, 1.807) is 0 Å². The fourth-order valence-corrected chi connectivity index (χ4v) is 6.79. The number of furan rings is 1. The lowest BCUT2D eigenvalue weighted by atomic mass is 9.85. The number of nitrogens with zero attached hydrogens (tertiary/aromatic N) is 4. The van der Waals surface area contributed by atoms with Gasteiger partial charge in [-0.3, -0.25) is 9.59 Å². The Hall–Kier alpha value is -3.53. The molecule has 1 amide bonds. The first-order valence-corrected chi connectivity index (χ1v) is 14.3. The molecule has 0 bridgehead atoms. The number of rotatable bonds is 8. The molecular formula is C29H30BrN5O4. The second-order valence-electron chi connectivity index (χ2n) is 10.9. The molecule has 0 spiro atoms. The molecule has 2 aromatic heterocycles. The normalized spacial score (nSPS) is 17.2. The van der Waals surface area contributed by atoms with Gasteiger partial charge in [-0.2, -0.15) is 5.21 Å². The number of carboxylic acids is 1. The molecular weight excluding hydrogens is 562 g/mol. The van der Waals surface area contributed by atoms with Crippen molar-refractivity contribution in [2.24, 2.45) is 11.3 Å². The lowest BCUT2D eigenvalue weighted by molar-refractivity contribution is -0.152. The van der Waals surface area contributed by atoms with Crippen LogP contribution in [0.3, 0.4) is 0 Å². The van der Waals surface area contributed by atoms with Gasteiger partial charge in [0.2, 0.25) is 11.7 Å². The number of aromatic amines is 1. The van der Waals surface area contributed by atoms with E-state index >= 15 is 0 Å². The number of hydrogen-bond donors (Lipinski definition) is 2. The van der Waals surface area contributed by atoms with E-state index in [2.05, 4.69) is 36.6 Å². The third-order valence-corrected chi connectivity index (χ3v) is 9.13. The van der Waals surface area contributed by atoms with Gasteiger partial charge in [0, 0.05) is 35.5 Å². The first-order valence-electron chi connectivity index (χ1n) is 13.5. The van der Waals surface area contributed by atoms with Crippen molar-refractivity contribution in [3.8, 4) is 22.7 Å². The SMILES string of the molecule is O=C(C1CCCC1)N(Cc1ccc2oc(-c3ccc(-c4nn[nH]n4)cc3)c(Br)c2c1)CC1(C(=O)O)CCCC1. The van der Waals surface area contributed by atoms with Gasteiger partial charge in [-0.25, -0.2) is 0 Å². The number of H-pyrrole nitrogens is 1. The van der Waals surface area contributed by atoms with E-state index in [0.717, 1.165) is 70.7 Å². The Balaban J connectivity index is 1.29. The highest BCUT2D eigenvalue weighted by Crippen LogP contribution is 2.41. The molecule has 2 aliphatic rings. The Bertz CT molecular complexity index is 1490. The van der Waals surface area contributed by atoms with Crippen molar-refractivity contribution in [1.29, 1.82) is 0 Å². The maximum Gasteiger partial charge on any atom is 0.311 e. The second-order valence-corrected chi connectivity index (χ2v) is 11.6. The van der Waals surface area contributed by atoms with Gasteiger partial charge in [0.05, 0.1) is 9.89 Å². The third-order valence-electron chi connectivity index (χ3n) is 8.34. The van der Waals surface area contributed by atoms with Crippen LogP contribution in [-0.4, -0.2) is 49.1 Å². The zero-order chi connectivity index (χ0) is 27.0. The third kappa shape index (κ3) is 4.97. The topological polar surface area (TPSA) is 125 Å². The number of carbonyl (C=O) groups is 2. The maximum absolute atomic E-state index is 13.6. The number of amides is 1. The predicted octanol–water partition coefficient (Wildman–Crippen LogP) is 6.21. The number of hydrogen-bond acceptors (Lipinski definition) is 6. The highest BCUT2D eigenvalue weighted by Gasteiger charge is 2.44. The van der Waals surface area contributed by atoms with Crippen molar-refractivity contribution in [1.82, 2.24) is 25.5 Å². The summed E-state index contributed by atoms with van der Waals surface area (Å²) in [6.07, 6.45) is 6.92. The maximum atomic E-state index is 13.6. The number of benzene rings is 2. The van der Waals surface area contributed by atoms with E-state index in [1.165, 1.54) is 0 Å². The number of carboxylic acid groups (broad SMARTS) is 1. The number of halogens is 1. The highest BCUT2D eigenvalue weighted by molar-refractivity contribution is 9.10. The second kappa shape index (κ2) is 10.6. The predicted molar refractivity (Wildman–Crippen MR) is 148 cm³/mol. The van der Waals surface area contributed by atoms with E-state index in [1.807, 2.05) is 47.4 Å². The molecule has 6 rings (SSSR count). The summed E-state index contributed by atoms with van der Waals surface area (Å²) in [6.45, 7) is 0.646. The van der Waals surface area contributed by atoms with Gasteiger partial charge in [-0.05, 0) is 64.5 Å². The zero-order valence-corrected chi connectivity index (χ0v) is 23.1. The van der Waals surface area contributed by atoms with E-state index in [4.69, 9.17) is 4.42 Å². The molecule has 2 fully saturated rings. The Morgan fingerprint density at radius 1 is 1.05 bits per heavy atom. The molecule has 2 heterocycles. The van der Waals surface area contributed by atoms with Crippen LogP contribution in [0, 0.1) is 11.3 Å². The van der Waals surface area contributed by atoms with Gasteiger partial charge in [-0.15, -0.1) is 10.2 Å². The summed E-state index contributed by atoms with van der Waals surface area (Å²) in [5, 5.41) is 25.1. The fourth-order valence-electron chi connectivity index (χ4n) is 6.17. The molecule has 202 valence electrons. The summed E-state index contributed by atoms with van der Waals surface area (Å²) in [5.74, 6) is 0.523. The van der Waals surface area contributed by atoms with Crippen molar-refractivity contribution in [2.45, 2.75) is 57.9 Å². The van der Waals surface area contributed by atoms with Gasteiger partial charge in [-0.1, -0.05) is 56.0 Å². The van der Waals surface area contributed by atoms with E-state index in [0.29, 0.717) is 31.0 Å². The molecule has 9 nitrogen and oxygen atoms in total. The first kappa shape index (κ1) is 25.7. The average molecular weight is 592 g/mol. The van der Waals surface area contributed by atoms with Crippen molar-refractivity contribution in [3.63, 3.8) is 0 Å². The summed E-state index contributed by atoms with van der Waals surface area (Å²) in [5.41, 5.74) is 2.57. The summed E-state index contributed by atoms with van der Waals surface area (Å²) in [4.78, 5) is 27.8. The van der Waals surface area contributed by atoms with Crippen molar-refractivity contribution >= 4 is 38.8 Å². The van der Waals surface area contributed by atoms with Gasteiger partial charge in [0.1, 0.15) is 11.3 Å². The number of fused-ring (bicyclic) bond motifs is 1. The Labute approximate surface area is 234 Å². The monoisotopic (exact) mass is 591 g/mol. The minimum absolute atomic E-state index is 0.0105. The van der Waals surface area contributed by atoms with Crippen LogP contribution in [-0.2, 0) is 16.1 Å². The van der Waals surface area contributed by atoms with Crippen LogP contribution in [0.2, 0.25) is 0 Å². The van der Waals surface area contributed by atoms with Crippen LogP contribution in [0.5, 0.6) is 0 Å². The largest absolute Gasteiger partial charge is 0.481 e. The molecule has 2 aromatic carbocycles. The molecule has 10 heteroatoms. The van der Waals surface area contributed by atoms with Crippen molar-refractivity contribution in [2.75, 3.05) is 6.54 Å². The smallest absolute Gasteiger partial charge is 0.311 e. The average Bonchev–Trinajstić information content (AvgIpc) is 3.77. The van der Waals surface area contributed by atoms with Gasteiger partial charge in [0.15, 0.2) is 0 Å². The van der Waals surface area contributed by atoms with Gasteiger partial charge < -0.3 is 14.4 Å². The van der Waals surface area contributed by atoms with Crippen LogP contribution in [0.15, 0.2) is 51.4 Å². The molecule has 2 saturated carbocycles. The number of carbonyl (C=O) groups excluding carboxylic acids is 1. The number of aliphatic carboxylic acids is 1. The number of aromatic nitrogens is 4. The van der Waals surface area contributed by atoms with Gasteiger partial charge in [0.25, 0.3) is 0 Å². The first-order chi connectivity index (χ1) is 18.9. The van der Waals surface area contributed by atoms with E-state index in [-0.39, 0.29) is 18.4 Å². The molecule has 0 saturated heterocycles. The molecule has 0 atom stereocenters. The van der Waals surface area contributed by atoms with Crippen LogP contribution in [0.25, 0.3) is 33.7 Å². The lowest BCUT2D eigenvalue weighted by Crippen LogP contribution is -2.45. The van der Waals surface area contributed by atoms with Crippen LogP contribution in [0.4, 0.5) is 0 Å².